The van der Waals surface area contributed by atoms with Crippen LogP contribution in [0.2, 0.25) is 0 Å². The van der Waals surface area contributed by atoms with Gasteiger partial charge in [0.05, 0.1) is 57.8 Å². The number of ether oxygens (including phenoxy) is 5. The summed E-state index contributed by atoms with van der Waals surface area (Å²) in [6.45, 7) is 21.1. The number of rotatable bonds is 7. The Morgan fingerprint density at radius 3 is 2.00 bits per heavy atom. The average molecular weight is 867 g/mol. The van der Waals surface area contributed by atoms with E-state index in [1.165, 1.54) is 0 Å². The second-order valence-corrected chi connectivity index (χ2v) is 19.1. The maximum atomic E-state index is 12.1. The first-order valence-electron chi connectivity index (χ1n) is 20.7. The quantitative estimate of drug-likeness (QED) is 0.155. The molecule has 19 nitrogen and oxygen atoms in total. The molecule has 4 saturated heterocycles. The van der Waals surface area contributed by atoms with Gasteiger partial charge in [0.1, 0.15) is 41.7 Å². The summed E-state index contributed by atoms with van der Waals surface area (Å²) in [5.41, 5.74) is 2.35. The first-order valence-corrected chi connectivity index (χ1v) is 20.7. The molecule has 0 aromatic heterocycles. The van der Waals surface area contributed by atoms with Crippen molar-refractivity contribution in [3.05, 3.63) is 0 Å². The summed E-state index contributed by atoms with van der Waals surface area (Å²) < 4.78 is 35.3. The maximum absolute atomic E-state index is 12.1. The van der Waals surface area contributed by atoms with Gasteiger partial charge in [-0.25, -0.2) is 0 Å². The summed E-state index contributed by atoms with van der Waals surface area (Å²) in [6.07, 6.45) is -3.67. The standard InChI is InChI=1S/C40H73N5O10.4H2O.5H2/c1-11-13-15-43-21-38(8)25(17-46)24(3)29(47)26(53-38)18-51-20-28-36(4,5)30(48)27-19-52-33-37(6,7)31(49)32(50)55-40(33,10)22-44(16-14-12-2)35(42)45(34(43)41)23-39(28,9)54-27;;;;;;;;;/h24-33,41-42,46-50H,11-23H2,1-10H3;4*1H2;5*1H/p+1. The summed E-state index contributed by atoms with van der Waals surface area (Å²) in [4.78, 5) is 3.72. The van der Waals surface area contributed by atoms with E-state index in [4.69, 9.17) is 29.4 Å². The minimum absolute atomic E-state index is 0. The van der Waals surface area contributed by atoms with Crippen LogP contribution in [0.1, 0.15) is 102 Å². The molecule has 0 aromatic carbocycles. The first-order chi connectivity index (χ1) is 25.6. The van der Waals surface area contributed by atoms with Crippen LogP contribution in [-0.4, -0.2) is 193 Å². The molecular weight excluding hydrogens is 774 g/mol. The van der Waals surface area contributed by atoms with Crippen LogP contribution < -0.4 is 5.73 Å². The zero-order valence-corrected chi connectivity index (χ0v) is 37.2. The van der Waals surface area contributed by atoms with Gasteiger partial charge < -0.3 is 76.0 Å². The number of guanidine groups is 2. The molecule has 13 atom stereocenters. The van der Waals surface area contributed by atoms with E-state index in [-0.39, 0.29) is 87.0 Å². The fraction of sp³-hybridized carbons (Fsp3) is 0.950. The highest BCUT2D eigenvalue weighted by molar-refractivity contribution is 5.94. The fourth-order valence-electron chi connectivity index (χ4n) is 10.5. The van der Waals surface area contributed by atoms with E-state index in [9.17, 15) is 30.9 Å². The fourth-order valence-corrected chi connectivity index (χ4v) is 10.5. The summed E-state index contributed by atoms with van der Waals surface area (Å²) in [5.74, 6) is -0.753. The predicted octanol–water partition coefficient (Wildman–Crippen LogP) is -0.769. The molecule has 5 aliphatic rings. The molecule has 5 aliphatic heterocycles. The van der Waals surface area contributed by atoms with E-state index < -0.39 is 82.4 Å². The molecule has 19 heteroatoms. The van der Waals surface area contributed by atoms with Crippen LogP contribution in [0.4, 0.5) is 0 Å². The van der Waals surface area contributed by atoms with Gasteiger partial charge in [0.15, 0.2) is 6.29 Å². The highest BCUT2D eigenvalue weighted by Gasteiger charge is 2.62. The normalized spacial score (nSPS) is 41.1. The Hall–Kier alpha value is -1.82. The number of hydrogen-bond donors (Lipinski definition) is 7. The molecule has 0 aliphatic carbocycles. The summed E-state index contributed by atoms with van der Waals surface area (Å²) in [6, 6.07) is 0. The lowest BCUT2D eigenvalue weighted by Crippen LogP contribution is -2.72. The Bertz CT molecular complexity index is 1420. The van der Waals surface area contributed by atoms with Crippen LogP contribution in [-0.2, 0) is 23.7 Å². The van der Waals surface area contributed by atoms with Crippen LogP contribution in [0.5, 0.6) is 0 Å². The Morgan fingerprint density at radius 1 is 0.797 bits per heavy atom. The van der Waals surface area contributed by atoms with Crippen molar-refractivity contribution in [2.75, 3.05) is 59.2 Å². The van der Waals surface area contributed by atoms with Crippen LogP contribution in [0, 0.1) is 34.0 Å². The van der Waals surface area contributed by atoms with Gasteiger partial charge >= 0.3 is 5.96 Å². The summed E-state index contributed by atoms with van der Waals surface area (Å²) in [5, 5.41) is 66.8. The second kappa shape index (κ2) is 20.6. The van der Waals surface area contributed by atoms with E-state index in [2.05, 4.69) is 13.8 Å². The average Bonchev–Trinajstić information content (AvgIpc) is 3.11. The van der Waals surface area contributed by atoms with Gasteiger partial charge in [0, 0.05) is 43.0 Å². The van der Waals surface area contributed by atoms with E-state index >= 15 is 0 Å². The summed E-state index contributed by atoms with van der Waals surface area (Å²) in [7, 11) is 0. The minimum atomic E-state index is -1.50. The number of aliphatic hydroxyl groups excluding tert-OH is 5. The Balaban J connectivity index is -0.00000129. The molecule has 5 bridgehead atoms. The zero-order valence-electron chi connectivity index (χ0n) is 37.2. The van der Waals surface area contributed by atoms with Gasteiger partial charge in [-0.15, -0.1) is 0 Å². The van der Waals surface area contributed by atoms with Crippen molar-refractivity contribution in [1.82, 2.24) is 9.80 Å². The van der Waals surface area contributed by atoms with Gasteiger partial charge in [-0.2, -0.15) is 4.90 Å². The van der Waals surface area contributed by atoms with Crippen molar-refractivity contribution < 1.29 is 82.8 Å². The monoisotopic (exact) mass is 867 g/mol. The van der Waals surface area contributed by atoms with Gasteiger partial charge in [-0.05, 0) is 39.5 Å². The molecule has 0 amide bonds. The van der Waals surface area contributed by atoms with Gasteiger partial charge in [-0.1, -0.05) is 61.3 Å². The third-order valence-corrected chi connectivity index (χ3v) is 14.0. The van der Waals surface area contributed by atoms with Crippen LogP contribution in [0.3, 0.4) is 0 Å². The van der Waals surface area contributed by atoms with Crippen molar-refractivity contribution in [2.24, 2.45) is 34.3 Å². The molecule has 5 heterocycles. The van der Waals surface area contributed by atoms with E-state index in [1.807, 2.05) is 64.9 Å². The smallest absolute Gasteiger partial charge is 0.353 e. The molecule has 59 heavy (non-hydrogen) atoms. The van der Waals surface area contributed by atoms with Crippen LogP contribution >= 0.6 is 0 Å². The van der Waals surface area contributed by atoms with Gasteiger partial charge in [0.25, 0.3) is 5.96 Å². The molecule has 0 saturated carbocycles. The number of nitrogens with zero attached hydrogens (tertiary/aromatic N) is 3. The number of aliphatic hydroxyl groups is 5. The molecule has 13 unspecified atom stereocenters. The zero-order chi connectivity index (χ0) is 40.9. The van der Waals surface area contributed by atoms with E-state index in [1.54, 1.807) is 4.90 Å². The Morgan fingerprint density at radius 2 is 1.41 bits per heavy atom. The summed E-state index contributed by atoms with van der Waals surface area (Å²) >= 11 is 0. The second-order valence-electron chi connectivity index (χ2n) is 19.1. The Labute approximate surface area is 357 Å². The highest BCUT2D eigenvalue weighted by Crippen LogP contribution is 2.50. The Kier molecular flexibility index (Phi) is 19.2. The molecule has 16 N–H and O–H groups in total. The lowest BCUT2D eigenvalue weighted by Gasteiger charge is -2.58. The van der Waals surface area contributed by atoms with Crippen molar-refractivity contribution >= 4 is 11.9 Å². The molecule has 5 rings (SSSR count). The predicted molar refractivity (Wildman–Crippen MR) is 231 cm³/mol. The van der Waals surface area contributed by atoms with Crippen molar-refractivity contribution in [3.63, 3.8) is 0 Å². The topological polar surface area (TPSA) is 333 Å². The highest BCUT2D eigenvalue weighted by atomic mass is 16.7. The first kappa shape index (κ1) is 55.2. The molecule has 4 fully saturated rings. The minimum Gasteiger partial charge on any atom is -0.412 e. The largest absolute Gasteiger partial charge is 0.412 e. The number of nitrogens with one attached hydrogen (secondary N) is 1. The third kappa shape index (κ3) is 10.2. The molecular formula is C40H92N5O14+. The van der Waals surface area contributed by atoms with E-state index in [0.717, 1.165) is 25.7 Å². The number of unbranched alkanes of at least 4 members (excludes halogenated alkanes) is 2. The van der Waals surface area contributed by atoms with Crippen molar-refractivity contribution in [3.8, 4) is 0 Å². The van der Waals surface area contributed by atoms with Crippen molar-refractivity contribution in [1.29, 1.82) is 5.41 Å². The lowest BCUT2D eigenvalue weighted by atomic mass is 9.63. The third-order valence-electron chi connectivity index (χ3n) is 14.0. The van der Waals surface area contributed by atoms with Crippen molar-refractivity contribution in [2.45, 2.75) is 155 Å². The number of nitrogens with two attached hydrogens (primary N) is 1. The lowest BCUT2D eigenvalue weighted by molar-refractivity contribution is -0.557. The number of fused-ring (bicyclic) bond motifs is 5. The van der Waals surface area contributed by atoms with Gasteiger partial charge in [0.2, 0.25) is 0 Å². The van der Waals surface area contributed by atoms with E-state index in [0.29, 0.717) is 19.0 Å². The van der Waals surface area contributed by atoms with Crippen LogP contribution in [0.25, 0.3) is 0 Å². The number of hydrogen-bond acceptors (Lipinski definition) is 12. The molecule has 0 spiro atoms. The SMILES string of the molecule is CCCCN1CC2(C)OC(O)C(O)C(C)(C)C2OCC2OC3(C)CN(C1=N)C(N)=[N+](CCCC)CC1(C)OC(COCC3C(C)(C)C2O)C(O)C(C)C1CO.O.O.O.O.[HH].[HH].[HH].[HH].[HH]. The van der Waals surface area contributed by atoms with Crippen LogP contribution in [0.15, 0.2) is 0 Å². The molecule has 360 valence electrons. The van der Waals surface area contributed by atoms with Gasteiger partial charge in [-0.3, -0.25) is 15.7 Å². The molecule has 0 radical (unpaired) electrons. The maximum Gasteiger partial charge on any atom is 0.353 e. The molecule has 0 aromatic rings.